The van der Waals surface area contributed by atoms with Gasteiger partial charge in [-0.05, 0) is 0 Å². The molecule has 6 heavy (non-hydrogen) atoms. The molecule has 4 heteroatoms. The zero-order valence-corrected chi connectivity index (χ0v) is 3.51. The highest BCUT2D eigenvalue weighted by Gasteiger charge is 1.83. The minimum atomic E-state index is 0.210. The molecule has 0 aromatic heterocycles. The zero-order chi connectivity index (χ0) is 4.99. The Hall–Kier alpha value is -0.750. The standard InChI is InChI=1S/C2HClN2O/c3-5(1-4)2-6/h2H. The van der Waals surface area contributed by atoms with E-state index in [1.165, 1.54) is 6.19 Å². The number of nitrogens with zero attached hydrogens (tertiary/aromatic N) is 2. The number of carbonyl (C=O) groups excluding carboxylic acids is 1. The van der Waals surface area contributed by atoms with E-state index in [1.807, 2.05) is 0 Å². The quantitative estimate of drug-likeness (QED) is 0.205. The number of halogens is 1. The molecule has 0 spiro atoms. The Morgan fingerprint density at radius 3 is 2.50 bits per heavy atom. The Labute approximate surface area is 39.8 Å². The summed E-state index contributed by atoms with van der Waals surface area (Å²) in [5, 5.41) is 7.65. The molecule has 0 unspecified atom stereocenters. The van der Waals surface area contributed by atoms with Gasteiger partial charge in [0.1, 0.15) is 0 Å². The van der Waals surface area contributed by atoms with Crippen molar-refractivity contribution in [3.63, 3.8) is 0 Å². The average Bonchev–Trinajstić information content (AvgIpc) is 1.65. The first-order chi connectivity index (χ1) is 2.81. The van der Waals surface area contributed by atoms with E-state index < -0.39 is 0 Å². The number of hydrogen-bond acceptors (Lipinski definition) is 2. The molecule has 0 N–H and O–H groups in total. The Morgan fingerprint density at radius 1 is 2.00 bits per heavy atom. The van der Waals surface area contributed by atoms with Crippen LogP contribution in [0.3, 0.4) is 0 Å². The Balaban J connectivity index is 3.30. The molecule has 0 bridgehead atoms. The summed E-state index contributed by atoms with van der Waals surface area (Å²) in [5.41, 5.74) is 0. The van der Waals surface area contributed by atoms with Gasteiger partial charge in [-0.25, -0.2) is 0 Å². The molecule has 0 saturated heterocycles. The van der Waals surface area contributed by atoms with E-state index in [9.17, 15) is 4.79 Å². The van der Waals surface area contributed by atoms with Gasteiger partial charge in [-0.1, -0.05) is 0 Å². The molecule has 0 aliphatic rings. The second-order valence-corrected chi connectivity index (χ2v) is 0.881. The molecule has 0 atom stereocenters. The zero-order valence-electron chi connectivity index (χ0n) is 2.76. The van der Waals surface area contributed by atoms with Crippen LogP contribution in [0, 0.1) is 11.5 Å². The van der Waals surface area contributed by atoms with Crippen molar-refractivity contribution >= 4 is 18.2 Å². The fraction of sp³-hybridized carbons (Fsp3) is 0. The third kappa shape index (κ3) is 1.56. The van der Waals surface area contributed by atoms with Crippen LogP contribution in [-0.4, -0.2) is 10.8 Å². The van der Waals surface area contributed by atoms with Gasteiger partial charge in [0.05, 0.1) is 0 Å². The molecule has 1 amide bonds. The maximum absolute atomic E-state index is 9.31. The summed E-state index contributed by atoms with van der Waals surface area (Å²) < 4.78 is 0.347. The molecular formula is C2HClN2O. The minimum absolute atomic E-state index is 0.210. The SMILES string of the molecule is N#CN(Cl)C=O. The van der Waals surface area contributed by atoms with E-state index >= 15 is 0 Å². The van der Waals surface area contributed by atoms with Gasteiger partial charge in [-0.15, -0.1) is 0 Å². The summed E-state index contributed by atoms with van der Waals surface area (Å²) in [5.74, 6) is 0. The van der Waals surface area contributed by atoms with E-state index in [0.717, 1.165) is 0 Å². The van der Waals surface area contributed by atoms with E-state index in [1.54, 1.807) is 0 Å². The maximum Gasteiger partial charge on any atom is 0.237 e. The summed E-state index contributed by atoms with van der Waals surface area (Å²) in [4.78, 5) is 9.31. The van der Waals surface area contributed by atoms with Gasteiger partial charge < -0.3 is 0 Å². The highest BCUT2D eigenvalue weighted by atomic mass is 35.5. The maximum atomic E-state index is 9.31. The van der Waals surface area contributed by atoms with Crippen LogP contribution in [0.15, 0.2) is 0 Å². The topological polar surface area (TPSA) is 44.1 Å². The molecule has 0 aromatic rings. The van der Waals surface area contributed by atoms with Crippen molar-refractivity contribution in [3.05, 3.63) is 0 Å². The molecule has 0 aliphatic carbocycles. The van der Waals surface area contributed by atoms with Crippen molar-refractivity contribution in [3.8, 4) is 6.19 Å². The summed E-state index contributed by atoms with van der Waals surface area (Å²) in [6.07, 6.45) is 1.56. The number of rotatable bonds is 1. The van der Waals surface area contributed by atoms with Crippen molar-refractivity contribution in [1.82, 2.24) is 4.42 Å². The highest BCUT2D eigenvalue weighted by molar-refractivity contribution is 6.19. The van der Waals surface area contributed by atoms with Crippen LogP contribution in [0.25, 0.3) is 0 Å². The van der Waals surface area contributed by atoms with Crippen LogP contribution in [-0.2, 0) is 4.79 Å². The van der Waals surface area contributed by atoms with Crippen LogP contribution < -0.4 is 0 Å². The van der Waals surface area contributed by atoms with E-state index in [4.69, 9.17) is 17.0 Å². The minimum Gasteiger partial charge on any atom is -0.276 e. The Morgan fingerprint density at radius 2 is 2.50 bits per heavy atom. The number of carbonyl (C=O) groups is 1. The van der Waals surface area contributed by atoms with E-state index in [-0.39, 0.29) is 6.41 Å². The molecular weight excluding hydrogens is 103 g/mol. The monoisotopic (exact) mass is 104 g/mol. The molecule has 0 heterocycles. The third-order valence-electron chi connectivity index (χ3n) is 0.188. The van der Waals surface area contributed by atoms with Crippen LogP contribution in [0.1, 0.15) is 0 Å². The number of nitriles is 1. The molecule has 3 nitrogen and oxygen atoms in total. The molecule has 0 radical (unpaired) electrons. The Kier molecular flexibility index (Phi) is 2.17. The average molecular weight is 104 g/mol. The number of amides is 1. The van der Waals surface area contributed by atoms with Gasteiger partial charge in [0.2, 0.25) is 12.6 Å². The first kappa shape index (κ1) is 5.25. The first-order valence-corrected chi connectivity index (χ1v) is 1.45. The van der Waals surface area contributed by atoms with Crippen LogP contribution in [0.5, 0.6) is 0 Å². The summed E-state index contributed by atoms with van der Waals surface area (Å²) in [6.45, 7) is 0. The molecule has 0 fully saturated rings. The van der Waals surface area contributed by atoms with E-state index in [0.29, 0.717) is 4.42 Å². The molecule has 32 valence electrons. The molecule has 0 rings (SSSR count). The second-order valence-electron chi connectivity index (χ2n) is 0.517. The van der Waals surface area contributed by atoms with Gasteiger partial charge >= 0.3 is 0 Å². The van der Waals surface area contributed by atoms with Gasteiger partial charge in [-0.2, -0.15) is 9.68 Å². The normalized spacial score (nSPS) is 6.00. The third-order valence-corrected chi connectivity index (χ3v) is 0.343. The van der Waals surface area contributed by atoms with Gasteiger partial charge in [0.25, 0.3) is 0 Å². The van der Waals surface area contributed by atoms with Crippen molar-refractivity contribution in [1.29, 1.82) is 5.26 Å². The van der Waals surface area contributed by atoms with Gasteiger partial charge in [-0.3, -0.25) is 4.79 Å². The molecule has 0 saturated carbocycles. The lowest BCUT2D eigenvalue weighted by Crippen LogP contribution is -1.96. The summed E-state index contributed by atoms with van der Waals surface area (Å²) >= 11 is 4.75. The fourth-order valence-corrected chi connectivity index (χ4v) is 0.0236. The van der Waals surface area contributed by atoms with Crippen molar-refractivity contribution in [2.45, 2.75) is 0 Å². The van der Waals surface area contributed by atoms with Crippen molar-refractivity contribution in [2.75, 3.05) is 0 Å². The number of hydrogen-bond donors (Lipinski definition) is 0. The first-order valence-electron chi connectivity index (χ1n) is 1.11. The van der Waals surface area contributed by atoms with Crippen molar-refractivity contribution < 1.29 is 4.79 Å². The smallest absolute Gasteiger partial charge is 0.237 e. The molecule has 0 aromatic carbocycles. The van der Waals surface area contributed by atoms with Crippen molar-refractivity contribution in [2.24, 2.45) is 0 Å². The van der Waals surface area contributed by atoms with Crippen LogP contribution >= 0.6 is 11.8 Å². The van der Waals surface area contributed by atoms with Crippen LogP contribution in [0.4, 0.5) is 0 Å². The van der Waals surface area contributed by atoms with Gasteiger partial charge in [0, 0.05) is 11.8 Å². The van der Waals surface area contributed by atoms with Crippen LogP contribution in [0.2, 0.25) is 0 Å². The van der Waals surface area contributed by atoms with E-state index in [2.05, 4.69) is 0 Å². The second kappa shape index (κ2) is 2.49. The lowest BCUT2D eigenvalue weighted by molar-refractivity contribution is -0.112. The van der Waals surface area contributed by atoms with Gasteiger partial charge in [0.15, 0.2) is 0 Å². The summed E-state index contributed by atoms with van der Waals surface area (Å²) in [6, 6.07) is 0. The lowest BCUT2D eigenvalue weighted by Gasteiger charge is -1.82. The highest BCUT2D eigenvalue weighted by Crippen LogP contribution is 1.78. The predicted octanol–water partition coefficient (Wildman–Crippen LogP) is 0.0797. The Bertz CT molecular complexity index is 86.0. The molecule has 0 aliphatic heterocycles. The lowest BCUT2D eigenvalue weighted by atomic mass is 11.2. The largest absolute Gasteiger partial charge is 0.276 e. The summed E-state index contributed by atoms with van der Waals surface area (Å²) in [7, 11) is 0. The predicted molar refractivity (Wildman–Crippen MR) is 19.4 cm³/mol. The fourth-order valence-electron chi connectivity index (χ4n) is 0.0236.